The molecule has 0 spiro atoms. The lowest BCUT2D eigenvalue weighted by atomic mass is 10.2. The third kappa shape index (κ3) is 4.73. The number of para-hydroxylation sites is 2. The summed E-state index contributed by atoms with van der Waals surface area (Å²) < 4.78 is 30.3. The van der Waals surface area contributed by atoms with E-state index in [9.17, 15) is 13.2 Å². The van der Waals surface area contributed by atoms with Crippen LogP contribution in [0.15, 0.2) is 24.3 Å². The van der Waals surface area contributed by atoms with Crippen molar-refractivity contribution >= 4 is 21.7 Å². The first-order chi connectivity index (χ1) is 9.21. The van der Waals surface area contributed by atoms with Crippen molar-refractivity contribution in [1.82, 2.24) is 0 Å². The maximum Gasteiger partial charge on any atom is 0.305 e. The van der Waals surface area contributed by atoms with Crippen molar-refractivity contribution in [3.05, 3.63) is 24.3 Å². The number of nitrogens with zero attached hydrogens (tertiary/aromatic N) is 1. The van der Waals surface area contributed by atoms with E-state index in [4.69, 9.17) is 9.84 Å². The molecule has 1 aromatic rings. The molecule has 112 valence electrons. The molecular weight excluding hydrogens is 282 g/mol. The Hall–Kier alpha value is -1.76. The van der Waals surface area contributed by atoms with Crippen LogP contribution < -0.4 is 9.04 Å². The van der Waals surface area contributed by atoms with Crippen LogP contribution in [-0.4, -0.2) is 38.4 Å². The average molecular weight is 301 g/mol. The van der Waals surface area contributed by atoms with Gasteiger partial charge in [-0.2, -0.15) is 0 Å². The van der Waals surface area contributed by atoms with Crippen molar-refractivity contribution in [2.45, 2.75) is 26.4 Å². The van der Waals surface area contributed by atoms with Crippen LogP contribution in [0.2, 0.25) is 0 Å². The molecule has 0 bridgehead atoms. The van der Waals surface area contributed by atoms with Gasteiger partial charge in [0, 0.05) is 6.54 Å². The van der Waals surface area contributed by atoms with E-state index < -0.39 is 16.0 Å². The molecule has 0 saturated heterocycles. The van der Waals surface area contributed by atoms with Gasteiger partial charge in [-0.1, -0.05) is 12.1 Å². The molecule has 0 unspecified atom stereocenters. The van der Waals surface area contributed by atoms with Crippen molar-refractivity contribution in [1.29, 1.82) is 0 Å². The Kier molecular flexibility index (Phi) is 5.38. The maximum atomic E-state index is 11.9. The van der Waals surface area contributed by atoms with Gasteiger partial charge in [0.25, 0.3) is 0 Å². The van der Waals surface area contributed by atoms with E-state index in [0.29, 0.717) is 11.4 Å². The number of aliphatic carboxylic acids is 1. The van der Waals surface area contributed by atoms with E-state index in [1.54, 1.807) is 24.3 Å². The quantitative estimate of drug-likeness (QED) is 0.829. The number of hydrogen-bond donors (Lipinski definition) is 1. The Balaban J connectivity index is 3.17. The smallest absolute Gasteiger partial charge is 0.305 e. The SMILES string of the molecule is CC(C)Oc1ccccc1N(CCC(=O)O)S(C)(=O)=O. The first-order valence-electron chi connectivity index (χ1n) is 6.17. The highest BCUT2D eigenvalue weighted by Gasteiger charge is 2.22. The molecule has 0 atom stereocenters. The van der Waals surface area contributed by atoms with Crippen LogP contribution in [0, 0.1) is 0 Å². The lowest BCUT2D eigenvalue weighted by Crippen LogP contribution is -2.32. The fourth-order valence-electron chi connectivity index (χ4n) is 1.68. The van der Waals surface area contributed by atoms with Gasteiger partial charge in [-0.05, 0) is 26.0 Å². The van der Waals surface area contributed by atoms with Crippen LogP contribution in [0.4, 0.5) is 5.69 Å². The zero-order chi connectivity index (χ0) is 15.3. The second kappa shape index (κ2) is 6.60. The third-order valence-electron chi connectivity index (χ3n) is 2.43. The van der Waals surface area contributed by atoms with Crippen molar-refractivity contribution < 1.29 is 23.1 Å². The van der Waals surface area contributed by atoms with Crippen LogP contribution in [0.1, 0.15) is 20.3 Å². The largest absolute Gasteiger partial charge is 0.489 e. The van der Waals surface area contributed by atoms with Crippen LogP contribution in [-0.2, 0) is 14.8 Å². The average Bonchev–Trinajstić information content (AvgIpc) is 2.28. The van der Waals surface area contributed by atoms with Crippen molar-refractivity contribution in [3.8, 4) is 5.75 Å². The highest BCUT2D eigenvalue weighted by atomic mass is 32.2. The molecule has 1 N–H and O–H groups in total. The van der Waals surface area contributed by atoms with E-state index in [-0.39, 0.29) is 19.1 Å². The number of benzene rings is 1. The molecule has 0 heterocycles. The predicted molar refractivity (Wildman–Crippen MR) is 76.6 cm³/mol. The molecule has 0 aliphatic carbocycles. The molecule has 20 heavy (non-hydrogen) atoms. The number of rotatable bonds is 7. The minimum Gasteiger partial charge on any atom is -0.489 e. The molecule has 7 heteroatoms. The number of carboxylic acid groups (broad SMARTS) is 1. The third-order valence-corrected chi connectivity index (χ3v) is 3.61. The van der Waals surface area contributed by atoms with Gasteiger partial charge in [0.1, 0.15) is 5.75 Å². The minimum absolute atomic E-state index is 0.114. The molecule has 6 nitrogen and oxygen atoms in total. The predicted octanol–water partition coefficient (Wildman–Crippen LogP) is 1.71. The fourth-order valence-corrected chi connectivity index (χ4v) is 2.61. The number of sulfonamides is 1. The number of carbonyl (C=O) groups is 1. The first-order valence-corrected chi connectivity index (χ1v) is 8.02. The van der Waals surface area contributed by atoms with Gasteiger partial charge in [-0.15, -0.1) is 0 Å². The van der Waals surface area contributed by atoms with Crippen LogP contribution in [0.5, 0.6) is 5.75 Å². The summed E-state index contributed by atoms with van der Waals surface area (Å²) in [7, 11) is -3.58. The standard InChI is InChI=1S/C13H19NO5S/c1-10(2)19-12-7-5-4-6-11(12)14(20(3,17)18)9-8-13(15)16/h4-7,10H,8-9H2,1-3H3,(H,15,16). The van der Waals surface area contributed by atoms with E-state index in [1.165, 1.54) is 0 Å². The number of hydrogen-bond acceptors (Lipinski definition) is 4. The molecule has 0 saturated carbocycles. The van der Waals surface area contributed by atoms with E-state index in [2.05, 4.69) is 0 Å². The minimum atomic E-state index is -3.58. The molecule has 0 radical (unpaired) electrons. The summed E-state index contributed by atoms with van der Waals surface area (Å²) in [5, 5.41) is 8.74. The van der Waals surface area contributed by atoms with E-state index >= 15 is 0 Å². The van der Waals surface area contributed by atoms with Crippen LogP contribution >= 0.6 is 0 Å². The zero-order valence-electron chi connectivity index (χ0n) is 11.7. The molecule has 0 aromatic heterocycles. The van der Waals surface area contributed by atoms with Gasteiger partial charge in [-0.25, -0.2) is 8.42 Å². The summed E-state index contributed by atoms with van der Waals surface area (Å²) in [5.41, 5.74) is 0.352. The van der Waals surface area contributed by atoms with Gasteiger partial charge >= 0.3 is 5.97 Å². The van der Waals surface area contributed by atoms with Gasteiger partial charge < -0.3 is 9.84 Å². The molecule has 1 rings (SSSR count). The Labute approximate surface area is 119 Å². The van der Waals surface area contributed by atoms with E-state index in [1.807, 2.05) is 13.8 Å². The fraction of sp³-hybridized carbons (Fsp3) is 0.462. The Morgan fingerprint density at radius 3 is 2.45 bits per heavy atom. The van der Waals surface area contributed by atoms with Crippen LogP contribution in [0.25, 0.3) is 0 Å². The number of carboxylic acids is 1. The number of ether oxygens (including phenoxy) is 1. The second-order valence-corrected chi connectivity index (χ2v) is 6.52. The summed E-state index contributed by atoms with van der Waals surface area (Å²) in [5.74, 6) is -0.640. The molecule has 1 aromatic carbocycles. The van der Waals surface area contributed by atoms with Gasteiger partial charge in [0.15, 0.2) is 0 Å². The number of anilines is 1. The normalized spacial score (nSPS) is 11.4. The molecule has 0 amide bonds. The molecule has 0 aliphatic heterocycles. The van der Waals surface area contributed by atoms with Gasteiger partial charge in [-0.3, -0.25) is 9.10 Å². The zero-order valence-corrected chi connectivity index (χ0v) is 12.6. The van der Waals surface area contributed by atoms with Crippen molar-refractivity contribution in [3.63, 3.8) is 0 Å². The molecule has 0 fully saturated rings. The summed E-state index contributed by atoms with van der Waals surface area (Å²) in [4.78, 5) is 10.7. The highest BCUT2D eigenvalue weighted by Crippen LogP contribution is 2.30. The Morgan fingerprint density at radius 2 is 1.95 bits per heavy atom. The monoisotopic (exact) mass is 301 g/mol. The maximum absolute atomic E-state index is 11.9. The van der Waals surface area contributed by atoms with Gasteiger partial charge in [0.2, 0.25) is 10.0 Å². The van der Waals surface area contributed by atoms with Gasteiger partial charge in [0.05, 0.1) is 24.5 Å². The lowest BCUT2D eigenvalue weighted by Gasteiger charge is -2.24. The summed E-state index contributed by atoms with van der Waals surface area (Å²) in [6.45, 7) is 3.53. The Morgan fingerprint density at radius 1 is 1.35 bits per heavy atom. The summed E-state index contributed by atoms with van der Waals surface area (Å²) in [6, 6.07) is 6.68. The first kappa shape index (κ1) is 16.3. The highest BCUT2D eigenvalue weighted by molar-refractivity contribution is 7.92. The Bertz CT molecular complexity index is 568. The topological polar surface area (TPSA) is 83.9 Å². The van der Waals surface area contributed by atoms with Crippen molar-refractivity contribution in [2.24, 2.45) is 0 Å². The van der Waals surface area contributed by atoms with E-state index in [0.717, 1.165) is 10.6 Å². The molecular formula is C13H19NO5S. The van der Waals surface area contributed by atoms with Crippen molar-refractivity contribution in [2.75, 3.05) is 17.1 Å². The lowest BCUT2D eigenvalue weighted by molar-refractivity contribution is -0.136. The summed E-state index contributed by atoms with van der Waals surface area (Å²) in [6.07, 6.45) is 0.654. The summed E-state index contributed by atoms with van der Waals surface area (Å²) >= 11 is 0. The molecule has 0 aliphatic rings. The second-order valence-electron chi connectivity index (χ2n) is 4.61. The van der Waals surface area contributed by atoms with Crippen LogP contribution in [0.3, 0.4) is 0 Å².